The molecule has 1 aromatic carbocycles. The van der Waals surface area contributed by atoms with Crippen LogP contribution in [0.15, 0.2) is 24.3 Å². The third kappa shape index (κ3) is 3.50. The van der Waals surface area contributed by atoms with Crippen molar-refractivity contribution in [3.63, 3.8) is 0 Å². The van der Waals surface area contributed by atoms with Crippen molar-refractivity contribution in [1.29, 1.82) is 0 Å². The first-order valence-electron chi connectivity index (χ1n) is 6.62. The molecule has 1 aromatic heterocycles. The van der Waals surface area contributed by atoms with Crippen molar-refractivity contribution in [2.24, 2.45) is 5.92 Å². The topological polar surface area (TPSA) is 90.9 Å². The van der Waals surface area contributed by atoms with Gasteiger partial charge in [0.15, 0.2) is 6.29 Å². The molecule has 7 heteroatoms. The molecule has 0 N–H and O–H groups in total. The van der Waals surface area contributed by atoms with Gasteiger partial charge >= 0.3 is 0 Å². The van der Waals surface area contributed by atoms with E-state index in [1.807, 2.05) is 0 Å². The fraction of sp³-hybridized carbons (Fsp3) is 0.357. The summed E-state index contributed by atoms with van der Waals surface area (Å²) in [4.78, 5) is 21.2. The molecule has 110 valence electrons. The van der Waals surface area contributed by atoms with Gasteiger partial charge in [-0.2, -0.15) is 0 Å². The molecule has 0 aliphatic heterocycles. The van der Waals surface area contributed by atoms with Gasteiger partial charge in [-0.25, -0.2) is 4.68 Å². The van der Waals surface area contributed by atoms with E-state index >= 15 is 0 Å². The summed E-state index contributed by atoms with van der Waals surface area (Å²) in [6, 6.07) is 6.27. The van der Waals surface area contributed by atoms with Crippen LogP contribution < -0.4 is 0 Å². The van der Waals surface area contributed by atoms with Crippen LogP contribution in [0.1, 0.15) is 35.6 Å². The summed E-state index contributed by atoms with van der Waals surface area (Å²) in [6.07, 6.45) is 1.41. The Kier molecular flexibility index (Phi) is 4.42. The number of nitro benzene ring substituents is 1. The highest BCUT2D eigenvalue weighted by atomic mass is 16.6. The van der Waals surface area contributed by atoms with Gasteiger partial charge in [-0.15, -0.1) is 5.10 Å². The maximum Gasteiger partial charge on any atom is 0.269 e. The zero-order valence-corrected chi connectivity index (χ0v) is 11.9. The van der Waals surface area contributed by atoms with Crippen molar-refractivity contribution < 1.29 is 9.72 Å². The quantitative estimate of drug-likeness (QED) is 0.462. The standard InChI is InChI=1S/C14H16N4O3/c1-10(2)7-14-13(9-19)15-16-17(14)8-11-3-5-12(6-4-11)18(20)21/h3-6,9-10H,7-8H2,1-2H3. The Morgan fingerprint density at radius 3 is 2.52 bits per heavy atom. The third-order valence-electron chi connectivity index (χ3n) is 3.06. The number of non-ortho nitro benzene ring substituents is 1. The van der Waals surface area contributed by atoms with E-state index in [4.69, 9.17) is 0 Å². The van der Waals surface area contributed by atoms with Crippen LogP contribution in [0.25, 0.3) is 0 Å². The number of nitro groups is 1. The van der Waals surface area contributed by atoms with Crippen molar-refractivity contribution in [2.45, 2.75) is 26.8 Å². The van der Waals surface area contributed by atoms with E-state index in [1.54, 1.807) is 16.8 Å². The lowest BCUT2D eigenvalue weighted by atomic mass is 10.1. The van der Waals surface area contributed by atoms with Gasteiger partial charge in [-0.05, 0) is 17.9 Å². The van der Waals surface area contributed by atoms with Crippen molar-refractivity contribution >= 4 is 12.0 Å². The largest absolute Gasteiger partial charge is 0.296 e. The summed E-state index contributed by atoms with van der Waals surface area (Å²) in [7, 11) is 0. The molecule has 0 unspecified atom stereocenters. The first kappa shape index (κ1) is 14.8. The molecular weight excluding hydrogens is 272 g/mol. The van der Waals surface area contributed by atoms with E-state index in [1.165, 1.54) is 12.1 Å². The lowest BCUT2D eigenvalue weighted by Gasteiger charge is -2.09. The van der Waals surface area contributed by atoms with E-state index in [9.17, 15) is 14.9 Å². The highest BCUT2D eigenvalue weighted by molar-refractivity contribution is 5.73. The molecule has 0 amide bonds. The number of carbonyl (C=O) groups excluding carboxylic acids is 1. The van der Waals surface area contributed by atoms with E-state index in [0.29, 0.717) is 30.9 Å². The Morgan fingerprint density at radius 2 is 2.00 bits per heavy atom. The fourth-order valence-electron chi connectivity index (χ4n) is 2.06. The van der Waals surface area contributed by atoms with Gasteiger partial charge in [0.2, 0.25) is 0 Å². The minimum absolute atomic E-state index is 0.0494. The van der Waals surface area contributed by atoms with Crippen molar-refractivity contribution in [3.8, 4) is 0 Å². The number of aromatic nitrogens is 3. The summed E-state index contributed by atoms with van der Waals surface area (Å²) in [5.41, 5.74) is 2.06. The number of aldehydes is 1. The average molecular weight is 288 g/mol. The number of carbonyl (C=O) groups is 1. The average Bonchev–Trinajstić information content (AvgIpc) is 2.81. The molecular formula is C14H16N4O3. The molecule has 0 aliphatic carbocycles. The molecule has 7 nitrogen and oxygen atoms in total. The Hall–Kier alpha value is -2.57. The number of hydrogen-bond acceptors (Lipinski definition) is 5. The van der Waals surface area contributed by atoms with Gasteiger partial charge in [-0.3, -0.25) is 14.9 Å². The molecule has 1 heterocycles. The lowest BCUT2D eigenvalue weighted by molar-refractivity contribution is -0.384. The van der Waals surface area contributed by atoms with Crippen LogP contribution in [-0.2, 0) is 13.0 Å². The second-order valence-corrected chi connectivity index (χ2v) is 5.22. The summed E-state index contributed by atoms with van der Waals surface area (Å²) in [5.74, 6) is 0.373. The van der Waals surface area contributed by atoms with Gasteiger partial charge in [0.25, 0.3) is 5.69 Å². The predicted molar refractivity (Wildman–Crippen MR) is 76.1 cm³/mol. The third-order valence-corrected chi connectivity index (χ3v) is 3.06. The smallest absolute Gasteiger partial charge is 0.269 e. The normalized spacial score (nSPS) is 10.8. The first-order valence-corrected chi connectivity index (χ1v) is 6.62. The maximum atomic E-state index is 11.0. The molecule has 2 aromatic rings. The molecule has 0 aliphatic rings. The Balaban J connectivity index is 2.24. The summed E-state index contributed by atoms with van der Waals surface area (Å²) in [5, 5.41) is 18.5. The van der Waals surface area contributed by atoms with Crippen LogP contribution in [0, 0.1) is 16.0 Å². The van der Waals surface area contributed by atoms with E-state index in [-0.39, 0.29) is 5.69 Å². The van der Waals surface area contributed by atoms with Gasteiger partial charge in [0.05, 0.1) is 17.2 Å². The van der Waals surface area contributed by atoms with Crippen LogP contribution in [0.3, 0.4) is 0 Å². The van der Waals surface area contributed by atoms with Gasteiger partial charge in [0, 0.05) is 12.1 Å². The molecule has 21 heavy (non-hydrogen) atoms. The summed E-state index contributed by atoms with van der Waals surface area (Å²) in [6.45, 7) is 4.54. The van der Waals surface area contributed by atoms with E-state index in [2.05, 4.69) is 24.2 Å². The van der Waals surface area contributed by atoms with Crippen LogP contribution in [-0.4, -0.2) is 26.2 Å². The van der Waals surface area contributed by atoms with Gasteiger partial charge in [-0.1, -0.05) is 31.2 Å². The zero-order chi connectivity index (χ0) is 15.4. The van der Waals surface area contributed by atoms with Crippen molar-refractivity contribution in [1.82, 2.24) is 15.0 Å². The molecule has 0 bridgehead atoms. The molecule has 0 atom stereocenters. The highest BCUT2D eigenvalue weighted by Gasteiger charge is 2.14. The summed E-state index contributed by atoms with van der Waals surface area (Å²) < 4.78 is 1.67. The number of hydrogen-bond donors (Lipinski definition) is 0. The fourth-order valence-corrected chi connectivity index (χ4v) is 2.06. The minimum atomic E-state index is -0.437. The molecule has 0 fully saturated rings. The molecule has 0 saturated carbocycles. The van der Waals surface area contributed by atoms with Crippen molar-refractivity contribution in [3.05, 3.63) is 51.3 Å². The Bertz CT molecular complexity index is 647. The number of rotatable bonds is 6. The molecule has 0 spiro atoms. The molecule has 0 saturated heterocycles. The minimum Gasteiger partial charge on any atom is -0.296 e. The van der Waals surface area contributed by atoms with E-state index < -0.39 is 4.92 Å². The second-order valence-electron chi connectivity index (χ2n) is 5.22. The number of benzene rings is 1. The highest BCUT2D eigenvalue weighted by Crippen LogP contribution is 2.15. The number of nitrogens with zero attached hydrogens (tertiary/aromatic N) is 4. The molecule has 2 rings (SSSR count). The first-order chi connectivity index (χ1) is 10.0. The Morgan fingerprint density at radius 1 is 1.33 bits per heavy atom. The zero-order valence-electron chi connectivity index (χ0n) is 11.9. The van der Waals surface area contributed by atoms with Gasteiger partial charge in [0.1, 0.15) is 5.69 Å². The van der Waals surface area contributed by atoms with Crippen LogP contribution >= 0.6 is 0 Å². The Labute approximate surface area is 121 Å². The van der Waals surface area contributed by atoms with Crippen molar-refractivity contribution in [2.75, 3.05) is 0 Å². The van der Waals surface area contributed by atoms with Gasteiger partial charge < -0.3 is 0 Å². The van der Waals surface area contributed by atoms with Crippen LogP contribution in [0.4, 0.5) is 5.69 Å². The predicted octanol–water partition coefficient (Wildman–Crippen LogP) is 2.25. The molecule has 0 radical (unpaired) electrons. The maximum absolute atomic E-state index is 11.0. The second kappa shape index (κ2) is 6.25. The SMILES string of the molecule is CC(C)Cc1c(C=O)nnn1Cc1ccc([N+](=O)[O-])cc1. The van der Waals surface area contributed by atoms with Crippen LogP contribution in [0.5, 0.6) is 0 Å². The van der Waals surface area contributed by atoms with Crippen LogP contribution in [0.2, 0.25) is 0 Å². The lowest BCUT2D eigenvalue weighted by Crippen LogP contribution is -2.10. The van der Waals surface area contributed by atoms with E-state index in [0.717, 1.165) is 11.3 Å². The monoisotopic (exact) mass is 288 g/mol. The summed E-state index contributed by atoms with van der Waals surface area (Å²) >= 11 is 0.